The summed E-state index contributed by atoms with van der Waals surface area (Å²) in [6.07, 6.45) is 0. The summed E-state index contributed by atoms with van der Waals surface area (Å²) in [5.41, 5.74) is 8.76. The van der Waals surface area contributed by atoms with Gasteiger partial charge in [0.05, 0.1) is 23.6 Å². The van der Waals surface area contributed by atoms with Gasteiger partial charge in [-0.15, -0.1) is 0 Å². The van der Waals surface area contributed by atoms with E-state index in [-0.39, 0.29) is 23.6 Å². The summed E-state index contributed by atoms with van der Waals surface area (Å²) in [7, 11) is 0. The standard InChI is InChI=1S/C22H20N2O4/c1-3-27-22(26)18-16(13-8-6-7-12(2)11-13)17-19(28-20(18)23)14-9-4-5-10-15(14)24-21(17)25/h4-11,16H,3,23H2,1-2H3,(H,24,25)/t16-/m0/s1. The Morgan fingerprint density at radius 3 is 2.75 bits per heavy atom. The van der Waals surface area contributed by atoms with E-state index in [9.17, 15) is 9.59 Å². The molecule has 1 aliphatic rings. The van der Waals surface area contributed by atoms with Crippen LogP contribution in [0.5, 0.6) is 5.75 Å². The van der Waals surface area contributed by atoms with E-state index in [4.69, 9.17) is 15.2 Å². The predicted octanol–water partition coefficient (Wildman–Crippen LogP) is 3.09. The number of benzene rings is 2. The Kier molecular flexibility index (Phi) is 4.39. The summed E-state index contributed by atoms with van der Waals surface area (Å²) in [5, 5.41) is 0.723. The summed E-state index contributed by atoms with van der Waals surface area (Å²) in [6, 6.07) is 15.0. The van der Waals surface area contributed by atoms with Crippen molar-refractivity contribution in [2.75, 3.05) is 6.61 Å². The van der Waals surface area contributed by atoms with Crippen molar-refractivity contribution in [1.82, 2.24) is 4.98 Å². The molecule has 0 unspecified atom stereocenters. The van der Waals surface area contributed by atoms with Gasteiger partial charge in [0.15, 0.2) is 0 Å². The van der Waals surface area contributed by atoms with E-state index in [0.717, 1.165) is 16.5 Å². The molecule has 3 N–H and O–H groups in total. The maximum atomic E-state index is 13.0. The zero-order valence-electron chi connectivity index (χ0n) is 15.6. The van der Waals surface area contributed by atoms with E-state index in [1.807, 2.05) is 49.4 Å². The van der Waals surface area contributed by atoms with Crippen LogP contribution in [0.2, 0.25) is 0 Å². The first-order chi connectivity index (χ1) is 13.5. The van der Waals surface area contributed by atoms with E-state index in [2.05, 4.69) is 4.98 Å². The second-order valence-corrected chi connectivity index (χ2v) is 6.69. The van der Waals surface area contributed by atoms with Gasteiger partial charge >= 0.3 is 5.97 Å². The number of fused-ring (bicyclic) bond motifs is 3. The lowest BCUT2D eigenvalue weighted by Crippen LogP contribution is -2.32. The molecule has 0 aliphatic carbocycles. The first kappa shape index (κ1) is 17.9. The van der Waals surface area contributed by atoms with Crippen LogP contribution in [0.1, 0.15) is 29.5 Å². The normalized spacial score (nSPS) is 15.9. The van der Waals surface area contributed by atoms with Crippen molar-refractivity contribution in [2.45, 2.75) is 19.8 Å². The Bertz CT molecular complexity index is 1180. The first-order valence-corrected chi connectivity index (χ1v) is 9.07. The Morgan fingerprint density at radius 2 is 2.00 bits per heavy atom. The van der Waals surface area contributed by atoms with Crippen LogP contribution in [-0.2, 0) is 9.53 Å². The number of nitrogens with one attached hydrogen (secondary N) is 1. The average molecular weight is 376 g/mol. The van der Waals surface area contributed by atoms with Crippen LogP contribution in [0.4, 0.5) is 0 Å². The third kappa shape index (κ3) is 2.83. The Labute approximate surface area is 161 Å². The molecule has 1 aromatic heterocycles. The Morgan fingerprint density at radius 1 is 1.21 bits per heavy atom. The van der Waals surface area contributed by atoms with Crippen LogP contribution in [-0.4, -0.2) is 17.6 Å². The summed E-state index contributed by atoms with van der Waals surface area (Å²) < 4.78 is 11.0. The van der Waals surface area contributed by atoms with Gasteiger partial charge in [0.2, 0.25) is 5.88 Å². The number of nitrogens with two attached hydrogens (primary N) is 1. The number of carbonyl (C=O) groups excluding carboxylic acids is 1. The number of carbonyl (C=O) groups is 1. The van der Waals surface area contributed by atoms with Crippen LogP contribution in [0.25, 0.3) is 10.9 Å². The highest BCUT2D eigenvalue weighted by atomic mass is 16.5. The molecule has 0 bridgehead atoms. The molecule has 6 nitrogen and oxygen atoms in total. The molecular formula is C22H20N2O4. The van der Waals surface area contributed by atoms with Gasteiger partial charge in [-0.05, 0) is 31.5 Å². The molecule has 0 saturated heterocycles. The van der Waals surface area contributed by atoms with Crippen LogP contribution >= 0.6 is 0 Å². The number of rotatable bonds is 3. The molecule has 2 aromatic carbocycles. The number of hydrogen-bond donors (Lipinski definition) is 2. The molecule has 1 atom stereocenters. The highest BCUT2D eigenvalue weighted by Gasteiger charge is 2.38. The minimum atomic E-state index is -0.684. The second kappa shape index (κ2) is 6.88. The molecule has 0 fully saturated rings. The third-order valence-electron chi connectivity index (χ3n) is 4.83. The monoisotopic (exact) mass is 376 g/mol. The number of hydrogen-bond acceptors (Lipinski definition) is 5. The lowest BCUT2D eigenvalue weighted by atomic mass is 9.82. The van der Waals surface area contributed by atoms with Gasteiger partial charge in [-0.25, -0.2) is 4.79 Å². The van der Waals surface area contributed by atoms with Crippen molar-refractivity contribution < 1.29 is 14.3 Å². The van der Waals surface area contributed by atoms with Gasteiger partial charge in [-0.1, -0.05) is 42.0 Å². The van der Waals surface area contributed by atoms with E-state index in [0.29, 0.717) is 16.8 Å². The Balaban J connectivity index is 2.05. The number of esters is 1. The fraction of sp³-hybridized carbons (Fsp3) is 0.182. The average Bonchev–Trinajstić information content (AvgIpc) is 2.67. The van der Waals surface area contributed by atoms with Gasteiger partial charge in [0, 0.05) is 5.39 Å². The number of ether oxygens (including phenoxy) is 2. The quantitative estimate of drug-likeness (QED) is 0.685. The van der Waals surface area contributed by atoms with Crippen molar-refractivity contribution in [3.05, 3.63) is 87.0 Å². The van der Waals surface area contributed by atoms with Crippen molar-refractivity contribution in [3.8, 4) is 5.75 Å². The van der Waals surface area contributed by atoms with Gasteiger partial charge in [-0.2, -0.15) is 0 Å². The SMILES string of the molecule is CCOC(=O)C1=C(N)Oc2c(c(=O)[nH]c3ccccc23)[C@@H]1c1cccc(C)c1. The molecule has 0 amide bonds. The summed E-state index contributed by atoms with van der Waals surface area (Å²) in [6.45, 7) is 3.86. The van der Waals surface area contributed by atoms with Gasteiger partial charge < -0.3 is 20.2 Å². The number of aryl methyl sites for hydroxylation is 1. The van der Waals surface area contributed by atoms with Crippen LogP contribution in [0, 0.1) is 6.92 Å². The van der Waals surface area contributed by atoms with E-state index < -0.39 is 11.9 Å². The van der Waals surface area contributed by atoms with Crippen molar-refractivity contribution in [3.63, 3.8) is 0 Å². The zero-order chi connectivity index (χ0) is 19.8. The molecule has 3 aromatic rings. The smallest absolute Gasteiger partial charge is 0.340 e. The predicted molar refractivity (Wildman–Crippen MR) is 106 cm³/mol. The van der Waals surface area contributed by atoms with Crippen LogP contribution in [0.15, 0.2) is 64.8 Å². The number of H-pyrrole nitrogens is 1. The maximum absolute atomic E-state index is 13.0. The number of aromatic amines is 1. The minimum Gasteiger partial charge on any atom is -0.462 e. The van der Waals surface area contributed by atoms with Crippen molar-refractivity contribution in [1.29, 1.82) is 0 Å². The number of para-hydroxylation sites is 1. The van der Waals surface area contributed by atoms with E-state index in [1.165, 1.54) is 0 Å². The lowest BCUT2D eigenvalue weighted by Gasteiger charge is -2.28. The van der Waals surface area contributed by atoms with E-state index >= 15 is 0 Å². The second-order valence-electron chi connectivity index (χ2n) is 6.69. The summed E-state index contributed by atoms with van der Waals surface area (Å²) in [4.78, 5) is 28.6. The highest BCUT2D eigenvalue weighted by molar-refractivity contribution is 5.95. The summed E-state index contributed by atoms with van der Waals surface area (Å²) >= 11 is 0. The molecule has 1 aliphatic heterocycles. The lowest BCUT2D eigenvalue weighted by molar-refractivity contribution is -0.139. The molecule has 0 radical (unpaired) electrons. The Hall–Kier alpha value is -3.54. The van der Waals surface area contributed by atoms with Crippen molar-refractivity contribution >= 4 is 16.9 Å². The maximum Gasteiger partial charge on any atom is 0.340 e. The third-order valence-corrected chi connectivity index (χ3v) is 4.83. The fourth-order valence-electron chi connectivity index (χ4n) is 3.66. The van der Waals surface area contributed by atoms with Gasteiger partial charge in [0.1, 0.15) is 11.3 Å². The number of pyridine rings is 1. The van der Waals surface area contributed by atoms with Gasteiger partial charge in [-0.3, -0.25) is 4.79 Å². The summed E-state index contributed by atoms with van der Waals surface area (Å²) in [5.74, 6) is -0.953. The van der Waals surface area contributed by atoms with E-state index in [1.54, 1.807) is 13.0 Å². The first-order valence-electron chi connectivity index (χ1n) is 9.07. The molecule has 4 rings (SSSR count). The topological polar surface area (TPSA) is 94.4 Å². The molecule has 2 heterocycles. The molecule has 0 saturated carbocycles. The van der Waals surface area contributed by atoms with Crippen LogP contribution < -0.4 is 16.0 Å². The van der Waals surface area contributed by atoms with Crippen molar-refractivity contribution in [2.24, 2.45) is 5.73 Å². The molecular weight excluding hydrogens is 356 g/mol. The van der Waals surface area contributed by atoms with Crippen LogP contribution in [0.3, 0.4) is 0 Å². The number of aromatic nitrogens is 1. The van der Waals surface area contributed by atoms with Gasteiger partial charge in [0.25, 0.3) is 5.56 Å². The minimum absolute atomic E-state index is 0.0480. The molecule has 6 heteroatoms. The molecule has 142 valence electrons. The largest absolute Gasteiger partial charge is 0.462 e. The molecule has 28 heavy (non-hydrogen) atoms. The molecule has 0 spiro atoms. The zero-order valence-corrected chi connectivity index (χ0v) is 15.6. The highest BCUT2D eigenvalue weighted by Crippen LogP contribution is 2.43. The fourth-order valence-corrected chi connectivity index (χ4v) is 3.66.